The van der Waals surface area contributed by atoms with Crippen LogP contribution in [0.5, 0.6) is 11.5 Å². The molecule has 0 aromatic heterocycles. The third-order valence-electron chi connectivity index (χ3n) is 12.0. The Kier molecular flexibility index (Phi) is 6.80. The molecule has 0 bridgehead atoms. The van der Waals surface area contributed by atoms with Crippen LogP contribution in [-0.4, -0.2) is 10.2 Å². The van der Waals surface area contributed by atoms with Gasteiger partial charge in [-0.2, -0.15) is 0 Å². The van der Waals surface area contributed by atoms with Crippen molar-refractivity contribution in [3.05, 3.63) is 216 Å². The van der Waals surface area contributed by atoms with Crippen LogP contribution in [0, 0.1) is 0 Å². The van der Waals surface area contributed by atoms with Crippen molar-refractivity contribution in [3.63, 3.8) is 0 Å². The zero-order chi connectivity index (χ0) is 36.7. The second-order valence-electron chi connectivity index (χ2n) is 14.6. The van der Waals surface area contributed by atoms with Crippen LogP contribution in [0.3, 0.4) is 0 Å². The molecule has 10 aromatic carbocycles. The van der Waals surface area contributed by atoms with E-state index < -0.39 is 5.41 Å². The number of benzene rings is 10. The summed E-state index contributed by atoms with van der Waals surface area (Å²) in [6, 6.07) is 68.4. The molecular weight excluding hydrogens is 669 g/mol. The van der Waals surface area contributed by atoms with E-state index >= 15 is 0 Å². The molecule has 10 aromatic rings. The first-order valence-corrected chi connectivity index (χ1v) is 18.8. The van der Waals surface area contributed by atoms with Gasteiger partial charge in [0.25, 0.3) is 0 Å². The molecule has 0 heterocycles. The van der Waals surface area contributed by atoms with E-state index in [1.807, 2.05) is 36.4 Å². The van der Waals surface area contributed by atoms with E-state index in [0.29, 0.717) is 0 Å². The Morgan fingerprint density at radius 1 is 0.255 bits per heavy atom. The number of rotatable bonds is 4. The van der Waals surface area contributed by atoms with Crippen LogP contribution in [-0.2, 0) is 5.41 Å². The van der Waals surface area contributed by atoms with Crippen molar-refractivity contribution in [1.29, 1.82) is 0 Å². The van der Waals surface area contributed by atoms with E-state index in [-0.39, 0.29) is 11.5 Å². The predicted octanol–water partition coefficient (Wildman–Crippen LogP) is 13.4. The quantitative estimate of drug-likeness (QED) is 0.192. The second-order valence-corrected chi connectivity index (χ2v) is 14.6. The topological polar surface area (TPSA) is 40.5 Å². The summed E-state index contributed by atoms with van der Waals surface area (Å²) in [4.78, 5) is 0. The Hall–Kier alpha value is -7.16. The summed E-state index contributed by atoms with van der Waals surface area (Å²) in [7, 11) is 0. The summed E-state index contributed by atoms with van der Waals surface area (Å²) in [5, 5.41) is 31.0. The molecule has 0 atom stereocenters. The number of phenolic OH excluding ortho intramolecular Hbond substituents is 2. The smallest absolute Gasteiger partial charge is 0.123 e. The van der Waals surface area contributed by atoms with Gasteiger partial charge in [-0.05, 0) is 100 Å². The fourth-order valence-electron chi connectivity index (χ4n) is 9.73. The van der Waals surface area contributed by atoms with Crippen molar-refractivity contribution >= 4 is 43.1 Å². The molecule has 0 unspecified atom stereocenters. The van der Waals surface area contributed by atoms with Gasteiger partial charge in [-0.1, -0.05) is 182 Å². The van der Waals surface area contributed by atoms with Crippen molar-refractivity contribution in [2.75, 3.05) is 0 Å². The van der Waals surface area contributed by atoms with Gasteiger partial charge in [0.15, 0.2) is 0 Å². The molecular formula is C53H34O2. The Balaban J connectivity index is 1.40. The first-order valence-electron chi connectivity index (χ1n) is 18.8. The molecule has 2 N–H and O–H groups in total. The molecule has 0 radical (unpaired) electrons. The average molecular weight is 703 g/mol. The zero-order valence-electron chi connectivity index (χ0n) is 29.9. The van der Waals surface area contributed by atoms with Gasteiger partial charge in [0, 0.05) is 10.8 Å². The second kappa shape index (κ2) is 11.9. The molecule has 0 fully saturated rings. The summed E-state index contributed by atoms with van der Waals surface area (Å²) < 4.78 is 0. The summed E-state index contributed by atoms with van der Waals surface area (Å²) in [5.41, 5.74) is 10.7. The monoisotopic (exact) mass is 702 g/mol. The number of fused-ring (bicyclic) bond motifs is 7. The lowest BCUT2D eigenvalue weighted by Crippen LogP contribution is -2.29. The maximum atomic E-state index is 11.3. The first-order chi connectivity index (χ1) is 27.1. The molecule has 0 saturated heterocycles. The lowest BCUT2D eigenvalue weighted by atomic mass is 9.65. The highest BCUT2D eigenvalue weighted by Gasteiger charge is 2.49. The highest BCUT2D eigenvalue weighted by Crippen LogP contribution is 2.63. The maximum absolute atomic E-state index is 11.3. The number of hydrogen-bond donors (Lipinski definition) is 2. The minimum atomic E-state index is -0.855. The van der Waals surface area contributed by atoms with Crippen molar-refractivity contribution in [3.8, 4) is 44.9 Å². The Morgan fingerprint density at radius 2 is 0.600 bits per heavy atom. The molecule has 0 amide bonds. The maximum Gasteiger partial charge on any atom is 0.123 e. The van der Waals surface area contributed by atoms with Crippen LogP contribution in [0.15, 0.2) is 194 Å². The minimum absolute atomic E-state index is 0.248. The van der Waals surface area contributed by atoms with Gasteiger partial charge < -0.3 is 10.2 Å². The van der Waals surface area contributed by atoms with E-state index in [4.69, 9.17) is 0 Å². The third-order valence-corrected chi connectivity index (χ3v) is 12.0. The van der Waals surface area contributed by atoms with Crippen LogP contribution in [0.4, 0.5) is 0 Å². The Bertz CT molecular complexity index is 2960. The van der Waals surface area contributed by atoms with Gasteiger partial charge >= 0.3 is 0 Å². The van der Waals surface area contributed by atoms with Crippen LogP contribution in [0.1, 0.15) is 22.3 Å². The van der Waals surface area contributed by atoms with E-state index in [0.717, 1.165) is 54.9 Å². The minimum Gasteiger partial charge on any atom is -0.507 e. The largest absolute Gasteiger partial charge is 0.507 e. The predicted molar refractivity (Wildman–Crippen MR) is 228 cm³/mol. The molecule has 11 rings (SSSR count). The van der Waals surface area contributed by atoms with Gasteiger partial charge in [-0.25, -0.2) is 0 Å². The lowest BCUT2D eigenvalue weighted by molar-refractivity contribution is 0.481. The molecule has 0 saturated carbocycles. The van der Waals surface area contributed by atoms with E-state index in [9.17, 15) is 10.2 Å². The van der Waals surface area contributed by atoms with E-state index in [1.54, 1.807) is 0 Å². The van der Waals surface area contributed by atoms with E-state index in [2.05, 4.69) is 158 Å². The zero-order valence-corrected chi connectivity index (χ0v) is 29.9. The van der Waals surface area contributed by atoms with Gasteiger partial charge in [-0.3, -0.25) is 0 Å². The van der Waals surface area contributed by atoms with Crippen molar-refractivity contribution in [2.45, 2.75) is 5.41 Å². The summed E-state index contributed by atoms with van der Waals surface area (Å²) in [5.74, 6) is 0.495. The Morgan fingerprint density at radius 3 is 1.05 bits per heavy atom. The molecule has 2 heteroatoms. The molecule has 258 valence electrons. The van der Waals surface area contributed by atoms with Crippen LogP contribution < -0.4 is 0 Å². The molecule has 55 heavy (non-hydrogen) atoms. The van der Waals surface area contributed by atoms with Crippen molar-refractivity contribution < 1.29 is 10.2 Å². The van der Waals surface area contributed by atoms with Crippen molar-refractivity contribution in [2.24, 2.45) is 0 Å². The van der Waals surface area contributed by atoms with Gasteiger partial charge in [0.1, 0.15) is 11.5 Å². The summed E-state index contributed by atoms with van der Waals surface area (Å²) in [6.45, 7) is 0. The van der Waals surface area contributed by atoms with Crippen LogP contribution in [0.25, 0.3) is 76.5 Å². The molecule has 0 spiro atoms. The van der Waals surface area contributed by atoms with Crippen molar-refractivity contribution in [1.82, 2.24) is 0 Å². The number of phenols is 2. The average Bonchev–Trinajstić information content (AvgIpc) is 3.55. The highest BCUT2D eigenvalue weighted by molar-refractivity contribution is 6.11. The first kappa shape index (κ1) is 31.4. The lowest BCUT2D eigenvalue weighted by Gasteiger charge is -2.36. The summed E-state index contributed by atoms with van der Waals surface area (Å²) >= 11 is 0. The SMILES string of the molecule is Oc1ccc(C2(c3ccc(O)c4ccccc34)c3cccc(-c4cccc5ccccc45)c3-c3c(-c4cccc5ccccc45)cccc32)c2ccccc12. The summed E-state index contributed by atoms with van der Waals surface area (Å²) in [6.07, 6.45) is 0. The number of hydrogen-bond acceptors (Lipinski definition) is 2. The molecule has 1 aliphatic rings. The normalized spacial score (nSPS) is 13.0. The Labute approximate surface area is 318 Å². The van der Waals surface area contributed by atoms with Gasteiger partial charge in [-0.15, -0.1) is 0 Å². The molecule has 2 nitrogen and oxygen atoms in total. The number of aromatic hydroxyl groups is 2. The molecule has 1 aliphatic carbocycles. The van der Waals surface area contributed by atoms with Gasteiger partial charge in [0.05, 0.1) is 5.41 Å². The standard InChI is InChI=1S/C53H34O2/c54-49-31-29-45(39-19-5-7-21-41(39)49)53(46-30-32-50(55)42-22-8-6-20-40(42)46)47-27-11-25-43(37-23-9-15-33-13-1-3-17-35(33)37)51(47)52-44(26-12-28-48(52)53)38-24-10-16-34-14-2-4-18-36(34)38/h1-32,54-55H. The van der Waals surface area contributed by atoms with Crippen LogP contribution in [0.2, 0.25) is 0 Å². The van der Waals surface area contributed by atoms with E-state index in [1.165, 1.54) is 43.8 Å². The highest BCUT2D eigenvalue weighted by atomic mass is 16.3. The third kappa shape index (κ3) is 4.37. The molecule has 0 aliphatic heterocycles. The fourth-order valence-corrected chi connectivity index (χ4v) is 9.73. The van der Waals surface area contributed by atoms with Crippen LogP contribution >= 0.6 is 0 Å². The fraction of sp³-hybridized carbons (Fsp3) is 0.0189. The van der Waals surface area contributed by atoms with Gasteiger partial charge in [0.2, 0.25) is 0 Å².